The number of nitrogens with zero attached hydrogens (tertiary/aromatic N) is 1. The topological polar surface area (TPSA) is 65.9 Å². The highest BCUT2D eigenvalue weighted by Crippen LogP contribution is 2.31. The number of ether oxygens (including phenoxy) is 1. The monoisotopic (exact) mass is 339 g/mol. The number of rotatable bonds is 7. The molecule has 1 fully saturated rings. The Morgan fingerprint density at radius 2 is 2.30 bits per heavy atom. The van der Waals surface area contributed by atoms with Crippen molar-refractivity contribution in [1.29, 1.82) is 0 Å². The molecule has 1 aliphatic heterocycles. The standard InChI is InChI=1S/C17H29N3O2S/c1-16(2,14-5-4-10-23-14)11-19-15(18-3)20-12-17(6-8-21)7-9-22-13-17/h4-5,10,21H,6-9,11-13H2,1-3H3,(H2,18,19,20). The summed E-state index contributed by atoms with van der Waals surface area (Å²) in [7, 11) is 1.79. The average molecular weight is 340 g/mol. The van der Waals surface area contributed by atoms with Crippen molar-refractivity contribution in [2.45, 2.75) is 32.1 Å². The zero-order valence-corrected chi connectivity index (χ0v) is 15.2. The van der Waals surface area contributed by atoms with Crippen molar-refractivity contribution in [2.75, 3.05) is 40.0 Å². The molecule has 0 radical (unpaired) electrons. The van der Waals surface area contributed by atoms with E-state index in [1.54, 1.807) is 18.4 Å². The molecule has 5 nitrogen and oxygen atoms in total. The molecule has 2 rings (SSSR count). The van der Waals surface area contributed by atoms with Gasteiger partial charge < -0.3 is 20.5 Å². The van der Waals surface area contributed by atoms with Gasteiger partial charge in [0.1, 0.15) is 0 Å². The summed E-state index contributed by atoms with van der Waals surface area (Å²) in [6, 6.07) is 4.27. The summed E-state index contributed by atoms with van der Waals surface area (Å²) in [6.07, 6.45) is 1.75. The fraction of sp³-hybridized carbons (Fsp3) is 0.706. The molecule has 3 N–H and O–H groups in total. The van der Waals surface area contributed by atoms with Crippen LogP contribution >= 0.6 is 11.3 Å². The molecule has 1 aromatic rings. The minimum atomic E-state index is 0.0235. The number of aliphatic imine (C=N–C) groups is 1. The fourth-order valence-corrected chi connectivity index (χ4v) is 3.71. The minimum absolute atomic E-state index is 0.0235. The summed E-state index contributed by atoms with van der Waals surface area (Å²) in [6.45, 7) is 7.73. The Morgan fingerprint density at radius 3 is 2.87 bits per heavy atom. The van der Waals surface area contributed by atoms with E-state index in [4.69, 9.17) is 4.74 Å². The zero-order chi connectivity index (χ0) is 16.8. The number of aliphatic hydroxyl groups excluding tert-OH is 1. The van der Waals surface area contributed by atoms with Gasteiger partial charge in [0.2, 0.25) is 0 Å². The van der Waals surface area contributed by atoms with Crippen LogP contribution in [0.3, 0.4) is 0 Å². The Labute approximate surface area is 143 Å². The summed E-state index contributed by atoms with van der Waals surface area (Å²) >= 11 is 1.78. The van der Waals surface area contributed by atoms with Crippen molar-refractivity contribution in [3.63, 3.8) is 0 Å². The maximum atomic E-state index is 9.30. The molecule has 0 aromatic carbocycles. The van der Waals surface area contributed by atoms with Crippen LogP contribution in [0.25, 0.3) is 0 Å². The third-order valence-corrected chi connectivity index (χ3v) is 5.80. The van der Waals surface area contributed by atoms with E-state index in [9.17, 15) is 5.11 Å². The van der Waals surface area contributed by atoms with Crippen LogP contribution in [-0.4, -0.2) is 51.0 Å². The van der Waals surface area contributed by atoms with Gasteiger partial charge in [-0.2, -0.15) is 0 Å². The van der Waals surface area contributed by atoms with Gasteiger partial charge in [-0.1, -0.05) is 19.9 Å². The third kappa shape index (κ3) is 4.93. The second-order valence-corrected chi connectivity index (χ2v) is 7.86. The van der Waals surface area contributed by atoms with E-state index in [1.807, 2.05) is 0 Å². The molecular formula is C17H29N3O2S. The van der Waals surface area contributed by atoms with Crippen molar-refractivity contribution in [1.82, 2.24) is 10.6 Å². The van der Waals surface area contributed by atoms with Gasteiger partial charge in [0, 0.05) is 49.1 Å². The van der Waals surface area contributed by atoms with E-state index in [2.05, 4.69) is 47.0 Å². The first-order valence-corrected chi connectivity index (χ1v) is 9.06. The molecule has 2 heterocycles. The van der Waals surface area contributed by atoms with Gasteiger partial charge in [0.05, 0.1) is 6.61 Å². The molecule has 0 bridgehead atoms. The van der Waals surface area contributed by atoms with Gasteiger partial charge in [-0.25, -0.2) is 0 Å². The molecule has 130 valence electrons. The molecule has 23 heavy (non-hydrogen) atoms. The Bertz CT molecular complexity index is 494. The highest BCUT2D eigenvalue weighted by molar-refractivity contribution is 7.10. The van der Waals surface area contributed by atoms with Gasteiger partial charge in [-0.3, -0.25) is 4.99 Å². The number of hydrogen-bond acceptors (Lipinski definition) is 4. The van der Waals surface area contributed by atoms with E-state index in [1.165, 1.54) is 4.88 Å². The van der Waals surface area contributed by atoms with Gasteiger partial charge >= 0.3 is 0 Å². The van der Waals surface area contributed by atoms with E-state index < -0.39 is 0 Å². The summed E-state index contributed by atoms with van der Waals surface area (Å²) in [4.78, 5) is 5.68. The quantitative estimate of drug-likeness (QED) is 0.525. The Hall–Kier alpha value is -1.11. The van der Waals surface area contributed by atoms with Crippen LogP contribution in [0, 0.1) is 5.41 Å². The number of guanidine groups is 1. The van der Waals surface area contributed by atoms with Gasteiger partial charge in [0.25, 0.3) is 0 Å². The number of aliphatic hydroxyl groups is 1. The Morgan fingerprint density at radius 1 is 1.48 bits per heavy atom. The van der Waals surface area contributed by atoms with Crippen LogP contribution in [0.5, 0.6) is 0 Å². The SMILES string of the molecule is CN=C(NCC1(CCO)CCOC1)NCC(C)(C)c1cccs1. The smallest absolute Gasteiger partial charge is 0.191 e. The van der Waals surface area contributed by atoms with Crippen molar-refractivity contribution in [3.05, 3.63) is 22.4 Å². The number of hydrogen-bond donors (Lipinski definition) is 3. The molecule has 1 aromatic heterocycles. The first kappa shape index (κ1) is 18.2. The maximum absolute atomic E-state index is 9.30. The first-order valence-electron chi connectivity index (χ1n) is 8.18. The minimum Gasteiger partial charge on any atom is -0.396 e. The maximum Gasteiger partial charge on any atom is 0.191 e. The lowest BCUT2D eigenvalue weighted by molar-refractivity contribution is 0.127. The molecule has 0 spiro atoms. The second kappa shape index (κ2) is 8.13. The van der Waals surface area contributed by atoms with Crippen LogP contribution in [0.4, 0.5) is 0 Å². The van der Waals surface area contributed by atoms with Crippen molar-refractivity contribution in [3.8, 4) is 0 Å². The zero-order valence-electron chi connectivity index (χ0n) is 14.4. The van der Waals surface area contributed by atoms with Gasteiger partial charge in [0.15, 0.2) is 5.96 Å². The largest absolute Gasteiger partial charge is 0.396 e. The predicted octanol–water partition coefficient (Wildman–Crippen LogP) is 1.98. The second-order valence-electron chi connectivity index (χ2n) is 6.92. The highest BCUT2D eigenvalue weighted by atomic mass is 32.1. The summed E-state index contributed by atoms with van der Waals surface area (Å²) in [5.41, 5.74) is 0.0840. The molecule has 0 aliphatic carbocycles. The van der Waals surface area contributed by atoms with Gasteiger partial charge in [-0.05, 0) is 24.3 Å². The lowest BCUT2D eigenvalue weighted by Crippen LogP contribution is -2.47. The fourth-order valence-electron chi connectivity index (χ4n) is 2.86. The first-order chi connectivity index (χ1) is 11.0. The molecule has 0 saturated carbocycles. The molecule has 0 amide bonds. The van der Waals surface area contributed by atoms with E-state index in [0.29, 0.717) is 6.61 Å². The summed E-state index contributed by atoms with van der Waals surface area (Å²) < 4.78 is 5.53. The van der Waals surface area contributed by atoms with Crippen LogP contribution < -0.4 is 10.6 Å². The Kier molecular flexibility index (Phi) is 6.44. The summed E-state index contributed by atoms with van der Waals surface area (Å²) in [5.74, 6) is 0.804. The number of nitrogens with one attached hydrogen (secondary N) is 2. The average Bonchev–Trinajstić information content (AvgIpc) is 3.20. The molecule has 1 saturated heterocycles. The van der Waals surface area contributed by atoms with E-state index in [-0.39, 0.29) is 17.4 Å². The normalized spacial score (nSPS) is 22.3. The number of thiophene rings is 1. The molecule has 1 atom stereocenters. The van der Waals surface area contributed by atoms with Crippen LogP contribution in [-0.2, 0) is 10.2 Å². The lowest BCUT2D eigenvalue weighted by Gasteiger charge is -2.29. The van der Waals surface area contributed by atoms with Gasteiger partial charge in [-0.15, -0.1) is 11.3 Å². The molecule has 1 unspecified atom stereocenters. The lowest BCUT2D eigenvalue weighted by atomic mass is 9.84. The third-order valence-electron chi connectivity index (χ3n) is 4.57. The predicted molar refractivity (Wildman–Crippen MR) is 96.3 cm³/mol. The molecule has 1 aliphatic rings. The Balaban J connectivity index is 1.86. The van der Waals surface area contributed by atoms with Crippen LogP contribution in [0.1, 0.15) is 31.6 Å². The molecule has 6 heteroatoms. The van der Waals surface area contributed by atoms with Crippen LogP contribution in [0.15, 0.2) is 22.5 Å². The van der Waals surface area contributed by atoms with E-state index in [0.717, 1.165) is 38.5 Å². The van der Waals surface area contributed by atoms with E-state index >= 15 is 0 Å². The van der Waals surface area contributed by atoms with Crippen molar-refractivity contribution >= 4 is 17.3 Å². The van der Waals surface area contributed by atoms with Crippen LogP contribution in [0.2, 0.25) is 0 Å². The van der Waals surface area contributed by atoms with Crippen molar-refractivity contribution in [2.24, 2.45) is 10.4 Å². The van der Waals surface area contributed by atoms with Crippen molar-refractivity contribution < 1.29 is 9.84 Å². The molecular weight excluding hydrogens is 310 g/mol. The summed E-state index contributed by atoms with van der Waals surface area (Å²) in [5, 5.41) is 18.2. The highest BCUT2D eigenvalue weighted by Gasteiger charge is 2.34.